The fraction of sp³-hybridized carbons (Fsp3) is 0.286. The molecule has 1 fully saturated rings. The normalized spacial score (nSPS) is 19.5. The van der Waals surface area contributed by atoms with Crippen LogP contribution in [0.1, 0.15) is 23.5 Å². The molecule has 0 N–H and O–H groups in total. The number of esters is 1. The number of para-hydroxylation sites is 1. The van der Waals surface area contributed by atoms with E-state index in [9.17, 15) is 9.59 Å². The number of ether oxygens (including phenoxy) is 1. The van der Waals surface area contributed by atoms with E-state index in [4.69, 9.17) is 4.74 Å². The standard InChI is InChI=1S/C21H20N2O3S2/c1-14(24)19-13-18(22-23(19)16-5-3-2-4-6-16)20(25)26-17-9-7-15(8-10-17)21-27-11-12-28-21/h2-10,19,21H,11-13H2,1H3. The molecule has 28 heavy (non-hydrogen) atoms. The lowest BCUT2D eigenvalue weighted by molar-refractivity contribution is -0.127. The van der Waals surface area contributed by atoms with Crippen LogP contribution in [0.4, 0.5) is 5.69 Å². The average Bonchev–Trinajstić information content (AvgIpc) is 3.39. The van der Waals surface area contributed by atoms with E-state index in [2.05, 4.69) is 5.10 Å². The van der Waals surface area contributed by atoms with E-state index >= 15 is 0 Å². The molecule has 0 saturated carbocycles. The van der Waals surface area contributed by atoms with Crippen LogP contribution >= 0.6 is 23.5 Å². The highest BCUT2D eigenvalue weighted by Crippen LogP contribution is 2.45. The molecule has 0 aliphatic carbocycles. The average molecular weight is 413 g/mol. The number of hydrogen-bond donors (Lipinski definition) is 0. The third-order valence-corrected chi connectivity index (χ3v) is 7.72. The van der Waals surface area contributed by atoms with Crippen LogP contribution < -0.4 is 9.75 Å². The van der Waals surface area contributed by atoms with Crippen molar-refractivity contribution in [2.75, 3.05) is 16.5 Å². The molecule has 2 aliphatic heterocycles. The number of anilines is 1. The number of hydrogen-bond acceptors (Lipinski definition) is 7. The highest BCUT2D eigenvalue weighted by atomic mass is 32.2. The molecule has 1 atom stereocenters. The fourth-order valence-electron chi connectivity index (χ4n) is 3.18. The van der Waals surface area contributed by atoms with Crippen molar-refractivity contribution in [3.05, 3.63) is 60.2 Å². The number of rotatable bonds is 5. The van der Waals surface area contributed by atoms with Crippen LogP contribution in [0.2, 0.25) is 0 Å². The predicted octanol–water partition coefficient (Wildman–Crippen LogP) is 4.29. The minimum atomic E-state index is -0.512. The van der Waals surface area contributed by atoms with Gasteiger partial charge < -0.3 is 4.74 Å². The summed E-state index contributed by atoms with van der Waals surface area (Å²) < 4.78 is 5.96. The number of carbonyl (C=O) groups is 2. The number of carbonyl (C=O) groups excluding carboxylic acids is 2. The predicted molar refractivity (Wildman–Crippen MR) is 115 cm³/mol. The zero-order valence-electron chi connectivity index (χ0n) is 15.4. The summed E-state index contributed by atoms with van der Waals surface area (Å²) in [5, 5.41) is 5.99. The molecule has 2 aromatic carbocycles. The van der Waals surface area contributed by atoms with E-state index in [0.717, 1.165) is 5.69 Å². The molecule has 0 radical (unpaired) electrons. The minimum absolute atomic E-state index is 0.0358. The Morgan fingerprint density at radius 1 is 1.04 bits per heavy atom. The lowest BCUT2D eigenvalue weighted by atomic mass is 10.1. The second-order valence-electron chi connectivity index (χ2n) is 6.59. The van der Waals surface area contributed by atoms with Crippen molar-refractivity contribution in [1.82, 2.24) is 0 Å². The monoisotopic (exact) mass is 412 g/mol. The lowest BCUT2D eigenvalue weighted by Gasteiger charge is -2.20. The van der Waals surface area contributed by atoms with Crippen LogP contribution in [0.3, 0.4) is 0 Å². The molecule has 0 aromatic heterocycles. The van der Waals surface area contributed by atoms with Crippen LogP contribution in [0.15, 0.2) is 59.7 Å². The van der Waals surface area contributed by atoms with Gasteiger partial charge in [0.15, 0.2) is 5.78 Å². The molecule has 2 aliphatic rings. The maximum absolute atomic E-state index is 12.6. The van der Waals surface area contributed by atoms with E-state index in [1.165, 1.54) is 24.0 Å². The molecular weight excluding hydrogens is 392 g/mol. The summed E-state index contributed by atoms with van der Waals surface area (Å²) in [4.78, 5) is 24.7. The quantitative estimate of drug-likeness (QED) is 0.539. The van der Waals surface area contributed by atoms with E-state index in [-0.39, 0.29) is 17.9 Å². The number of nitrogens with zero attached hydrogens (tertiary/aromatic N) is 2. The maximum Gasteiger partial charge on any atom is 0.359 e. The molecule has 5 nitrogen and oxygen atoms in total. The summed E-state index contributed by atoms with van der Waals surface area (Å²) >= 11 is 3.87. The highest BCUT2D eigenvalue weighted by molar-refractivity contribution is 8.19. The Bertz CT molecular complexity index is 894. The molecule has 0 bridgehead atoms. The first kappa shape index (κ1) is 19.1. The maximum atomic E-state index is 12.6. The molecule has 0 spiro atoms. The fourth-order valence-corrected chi connectivity index (χ4v) is 6.04. The van der Waals surface area contributed by atoms with Gasteiger partial charge in [0, 0.05) is 17.9 Å². The Kier molecular flexibility index (Phi) is 5.73. The van der Waals surface area contributed by atoms with E-state index < -0.39 is 12.0 Å². The van der Waals surface area contributed by atoms with Crippen LogP contribution in [0.25, 0.3) is 0 Å². The van der Waals surface area contributed by atoms with Crippen LogP contribution in [-0.2, 0) is 9.59 Å². The Balaban J connectivity index is 1.47. The smallest absolute Gasteiger partial charge is 0.359 e. The summed E-state index contributed by atoms with van der Waals surface area (Å²) in [6, 6.07) is 16.5. The molecule has 1 unspecified atom stereocenters. The van der Waals surface area contributed by atoms with Gasteiger partial charge in [0.05, 0.1) is 10.3 Å². The molecule has 1 saturated heterocycles. The van der Waals surface area contributed by atoms with Crippen molar-refractivity contribution in [3.8, 4) is 5.75 Å². The third-order valence-electron chi connectivity index (χ3n) is 4.62. The number of ketones is 1. The summed E-state index contributed by atoms with van der Waals surface area (Å²) in [6.45, 7) is 1.52. The molecule has 2 aromatic rings. The van der Waals surface area contributed by atoms with Gasteiger partial charge in [-0.2, -0.15) is 5.10 Å². The number of benzene rings is 2. The first-order valence-corrected chi connectivity index (χ1v) is 11.2. The van der Waals surface area contributed by atoms with E-state index in [1.54, 1.807) is 5.01 Å². The van der Waals surface area contributed by atoms with Gasteiger partial charge in [0.1, 0.15) is 17.5 Å². The first-order chi connectivity index (χ1) is 13.6. The molecule has 144 valence electrons. The van der Waals surface area contributed by atoms with Gasteiger partial charge in [0.2, 0.25) is 0 Å². The van der Waals surface area contributed by atoms with Gasteiger partial charge in [-0.25, -0.2) is 4.79 Å². The lowest BCUT2D eigenvalue weighted by Crippen LogP contribution is -2.33. The van der Waals surface area contributed by atoms with Gasteiger partial charge in [-0.1, -0.05) is 30.3 Å². The van der Waals surface area contributed by atoms with Crippen molar-refractivity contribution in [2.45, 2.75) is 24.0 Å². The van der Waals surface area contributed by atoms with E-state index in [1.807, 2.05) is 78.1 Å². The summed E-state index contributed by atoms with van der Waals surface area (Å²) in [6.07, 6.45) is 0.247. The summed E-state index contributed by atoms with van der Waals surface area (Å²) in [5.74, 6) is 2.28. The topological polar surface area (TPSA) is 59.0 Å². The molecular formula is C21H20N2O3S2. The first-order valence-electron chi connectivity index (χ1n) is 9.09. The number of Topliss-reactive ketones (excluding diaryl/α,β-unsaturated/α-hetero) is 1. The zero-order valence-corrected chi connectivity index (χ0v) is 17.0. The van der Waals surface area contributed by atoms with Crippen molar-refractivity contribution in [1.29, 1.82) is 0 Å². The van der Waals surface area contributed by atoms with Crippen molar-refractivity contribution < 1.29 is 14.3 Å². The molecule has 7 heteroatoms. The molecule has 0 amide bonds. The Morgan fingerprint density at radius 2 is 1.71 bits per heavy atom. The second kappa shape index (κ2) is 8.41. The van der Waals surface area contributed by atoms with Crippen LogP contribution in [0.5, 0.6) is 5.75 Å². The summed E-state index contributed by atoms with van der Waals surface area (Å²) in [5.41, 5.74) is 2.27. The van der Waals surface area contributed by atoms with Crippen molar-refractivity contribution in [3.63, 3.8) is 0 Å². The number of hydrazone groups is 1. The van der Waals surface area contributed by atoms with Gasteiger partial charge in [0.25, 0.3) is 0 Å². The zero-order chi connectivity index (χ0) is 19.5. The molecule has 2 heterocycles. The van der Waals surface area contributed by atoms with Gasteiger partial charge in [-0.15, -0.1) is 23.5 Å². The largest absolute Gasteiger partial charge is 0.422 e. The van der Waals surface area contributed by atoms with Gasteiger partial charge >= 0.3 is 5.97 Å². The van der Waals surface area contributed by atoms with E-state index in [0.29, 0.717) is 10.3 Å². The minimum Gasteiger partial charge on any atom is -0.422 e. The Morgan fingerprint density at radius 3 is 2.36 bits per heavy atom. The Labute approximate surface area is 172 Å². The number of thioether (sulfide) groups is 2. The van der Waals surface area contributed by atoms with Gasteiger partial charge in [-0.3, -0.25) is 9.80 Å². The van der Waals surface area contributed by atoms with Gasteiger partial charge in [-0.05, 0) is 36.8 Å². The highest BCUT2D eigenvalue weighted by Gasteiger charge is 2.35. The van der Waals surface area contributed by atoms with Crippen LogP contribution in [-0.4, -0.2) is 35.0 Å². The Hall–Kier alpha value is -2.25. The summed E-state index contributed by atoms with van der Waals surface area (Å²) in [7, 11) is 0. The second-order valence-corrected chi connectivity index (χ2v) is 9.31. The van der Waals surface area contributed by atoms with Crippen molar-refractivity contribution >= 4 is 46.7 Å². The SMILES string of the molecule is CC(=O)C1CC(C(=O)Oc2ccc(C3SCCS3)cc2)=NN1c1ccccc1. The molecule has 4 rings (SSSR count). The van der Waals surface area contributed by atoms with Crippen LogP contribution in [0, 0.1) is 0 Å². The third kappa shape index (κ3) is 4.10. The van der Waals surface area contributed by atoms with Crippen molar-refractivity contribution in [2.24, 2.45) is 5.10 Å².